The van der Waals surface area contributed by atoms with E-state index >= 15 is 0 Å². The third-order valence-corrected chi connectivity index (χ3v) is 2.38. The minimum Gasteiger partial charge on any atom is -0.324 e. The zero-order chi connectivity index (χ0) is 14.5. The monoisotopic (exact) mass is 263 g/mol. The summed E-state index contributed by atoms with van der Waals surface area (Å²) in [5, 5.41) is 14.3. The minimum atomic E-state index is -0.601. The van der Waals surface area contributed by atoms with Crippen molar-refractivity contribution in [1.29, 1.82) is 5.26 Å². The first-order valence-corrected chi connectivity index (χ1v) is 6.06. The van der Waals surface area contributed by atoms with Crippen molar-refractivity contribution < 1.29 is 9.18 Å². The van der Waals surface area contributed by atoms with Crippen LogP contribution in [0.4, 0.5) is 10.1 Å². The molecule has 0 radical (unpaired) electrons. The zero-order valence-electron chi connectivity index (χ0n) is 11.4. The van der Waals surface area contributed by atoms with E-state index in [4.69, 9.17) is 5.26 Å². The molecule has 1 aromatic carbocycles. The quantitative estimate of drug-likeness (QED) is 0.876. The molecule has 5 heteroatoms. The lowest BCUT2D eigenvalue weighted by molar-refractivity contribution is -0.116. The fraction of sp³-hybridized carbons (Fsp3) is 0.429. The summed E-state index contributed by atoms with van der Waals surface area (Å²) >= 11 is 0. The largest absolute Gasteiger partial charge is 0.324 e. The summed E-state index contributed by atoms with van der Waals surface area (Å²) in [4.78, 5) is 11.6. The van der Waals surface area contributed by atoms with Crippen molar-refractivity contribution in [2.45, 2.75) is 32.7 Å². The molecule has 1 rings (SSSR count). The molecule has 102 valence electrons. The van der Waals surface area contributed by atoms with Gasteiger partial charge in [0.15, 0.2) is 0 Å². The van der Waals surface area contributed by atoms with Crippen LogP contribution in [0.15, 0.2) is 18.2 Å². The number of hydrogen-bond donors (Lipinski definition) is 2. The van der Waals surface area contributed by atoms with Crippen molar-refractivity contribution in [3.8, 4) is 6.07 Å². The number of nitrogens with zero attached hydrogens (tertiary/aromatic N) is 1. The van der Waals surface area contributed by atoms with Gasteiger partial charge in [0, 0.05) is 18.5 Å². The molecule has 0 aliphatic heterocycles. The summed E-state index contributed by atoms with van der Waals surface area (Å²) in [6.45, 7) is 6.54. The Hall–Kier alpha value is -1.93. The lowest BCUT2D eigenvalue weighted by atomic mass is 10.1. The molecule has 0 aliphatic carbocycles. The highest BCUT2D eigenvalue weighted by Gasteiger charge is 2.11. The topological polar surface area (TPSA) is 64.9 Å². The Morgan fingerprint density at radius 1 is 1.42 bits per heavy atom. The molecule has 2 N–H and O–H groups in total. The van der Waals surface area contributed by atoms with E-state index in [-0.39, 0.29) is 29.1 Å². The van der Waals surface area contributed by atoms with Crippen LogP contribution < -0.4 is 10.6 Å². The van der Waals surface area contributed by atoms with Gasteiger partial charge >= 0.3 is 0 Å². The molecule has 19 heavy (non-hydrogen) atoms. The molecule has 0 atom stereocenters. The molecule has 0 saturated heterocycles. The SMILES string of the molecule is CC(C)(C)NCCC(=O)Nc1ccc(C#N)cc1F. The van der Waals surface area contributed by atoms with Crippen molar-refractivity contribution in [1.82, 2.24) is 5.32 Å². The first-order chi connectivity index (χ1) is 8.81. The van der Waals surface area contributed by atoms with Crippen molar-refractivity contribution in [2.75, 3.05) is 11.9 Å². The number of anilines is 1. The van der Waals surface area contributed by atoms with Gasteiger partial charge in [-0.1, -0.05) is 0 Å². The van der Waals surface area contributed by atoms with Crippen LogP contribution in [0.3, 0.4) is 0 Å². The van der Waals surface area contributed by atoms with Crippen molar-refractivity contribution in [2.24, 2.45) is 0 Å². The van der Waals surface area contributed by atoms with E-state index in [0.29, 0.717) is 6.54 Å². The number of amides is 1. The van der Waals surface area contributed by atoms with E-state index in [1.54, 1.807) is 0 Å². The van der Waals surface area contributed by atoms with Crippen molar-refractivity contribution in [3.63, 3.8) is 0 Å². The van der Waals surface area contributed by atoms with Gasteiger partial charge in [0.05, 0.1) is 17.3 Å². The third-order valence-electron chi connectivity index (χ3n) is 2.38. The molecule has 0 saturated carbocycles. The number of halogens is 1. The summed E-state index contributed by atoms with van der Waals surface area (Å²) in [5.74, 6) is -0.864. The number of carbonyl (C=O) groups is 1. The van der Waals surface area contributed by atoms with E-state index in [9.17, 15) is 9.18 Å². The summed E-state index contributed by atoms with van der Waals surface area (Å²) in [6, 6.07) is 5.79. The fourth-order valence-corrected chi connectivity index (χ4v) is 1.45. The van der Waals surface area contributed by atoms with Gasteiger partial charge in [-0.15, -0.1) is 0 Å². The smallest absolute Gasteiger partial charge is 0.225 e. The number of benzene rings is 1. The van der Waals surface area contributed by atoms with E-state index in [0.717, 1.165) is 6.07 Å². The summed E-state index contributed by atoms with van der Waals surface area (Å²) < 4.78 is 13.5. The van der Waals surface area contributed by atoms with Crippen LogP contribution in [0.2, 0.25) is 0 Å². The van der Waals surface area contributed by atoms with Gasteiger partial charge in [0.25, 0.3) is 0 Å². The van der Waals surface area contributed by atoms with Gasteiger partial charge in [-0.3, -0.25) is 4.79 Å². The summed E-state index contributed by atoms with van der Waals surface area (Å²) in [7, 11) is 0. The minimum absolute atomic E-state index is 0.0556. The molecular formula is C14H18FN3O. The maximum absolute atomic E-state index is 13.5. The number of rotatable bonds is 4. The van der Waals surface area contributed by atoms with Crippen LogP contribution in [0.5, 0.6) is 0 Å². The molecular weight excluding hydrogens is 245 g/mol. The van der Waals surface area contributed by atoms with Crippen LogP contribution >= 0.6 is 0 Å². The Bertz CT molecular complexity index is 500. The second-order valence-electron chi connectivity index (χ2n) is 5.28. The molecule has 1 aromatic rings. The highest BCUT2D eigenvalue weighted by molar-refractivity contribution is 5.91. The van der Waals surface area contributed by atoms with Gasteiger partial charge in [-0.25, -0.2) is 4.39 Å². The normalized spacial score (nSPS) is 10.9. The second-order valence-corrected chi connectivity index (χ2v) is 5.28. The van der Waals surface area contributed by atoms with Gasteiger partial charge in [0.2, 0.25) is 5.91 Å². The first-order valence-electron chi connectivity index (χ1n) is 6.06. The molecule has 0 unspecified atom stereocenters. The van der Waals surface area contributed by atoms with Crippen molar-refractivity contribution in [3.05, 3.63) is 29.6 Å². The van der Waals surface area contributed by atoms with Crippen molar-refractivity contribution >= 4 is 11.6 Å². The first kappa shape index (κ1) is 15.1. The van der Waals surface area contributed by atoms with Gasteiger partial charge in [0.1, 0.15) is 5.82 Å². The Morgan fingerprint density at radius 2 is 2.11 bits per heavy atom. The Morgan fingerprint density at radius 3 is 2.63 bits per heavy atom. The van der Waals surface area contributed by atoms with Crippen LogP contribution in [0, 0.1) is 17.1 Å². The Labute approximate surface area is 112 Å². The van der Waals surface area contributed by atoms with Gasteiger partial charge in [-0.05, 0) is 39.0 Å². The fourth-order valence-electron chi connectivity index (χ4n) is 1.45. The third kappa shape index (κ3) is 5.49. The standard InChI is InChI=1S/C14H18FN3O/c1-14(2,3)17-7-6-13(19)18-12-5-4-10(9-16)8-11(12)15/h4-5,8,17H,6-7H2,1-3H3,(H,18,19). The number of nitrogens with one attached hydrogen (secondary N) is 2. The van der Waals surface area contributed by atoms with Gasteiger partial charge < -0.3 is 10.6 Å². The highest BCUT2D eigenvalue weighted by atomic mass is 19.1. The molecule has 0 aromatic heterocycles. The van der Waals surface area contributed by atoms with Gasteiger partial charge in [-0.2, -0.15) is 5.26 Å². The Balaban J connectivity index is 2.51. The van der Waals surface area contributed by atoms with Crippen LogP contribution in [0.25, 0.3) is 0 Å². The average molecular weight is 263 g/mol. The molecule has 0 spiro atoms. The lowest BCUT2D eigenvalue weighted by Crippen LogP contribution is -2.37. The van der Waals surface area contributed by atoms with E-state index < -0.39 is 5.82 Å². The highest BCUT2D eigenvalue weighted by Crippen LogP contribution is 2.15. The maximum atomic E-state index is 13.5. The molecule has 0 aliphatic rings. The number of nitriles is 1. The summed E-state index contributed by atoms with van der Waals surface area (Å²) in [6.07, 6.45) is 0.261. The molecule has 4 nitrogen and oxygen atoms in total. The summed E-state index contributed by atoms with van der Waals surface area (Å²) in [5.41, 5.74) is 0.268. The second kappa shape index (κ2) is 6.30. The molecule has 1 amide bonds. The molecule has 0 heterocycles. The lowest BCUT2D eigenvalue weighted by Gasteiger charge is -2.20. The van der Waals surface area contributed by atoms with E-state index in [1.807, 2.05) is 26.8 Å². The van der Waals surface area contributed by atoms with E-state index in [2.05, 4.69) is 10.6 Å². The zero-order valence-corrected chi connectivity index (χ0v) is 11.4. The van der Waals surface area contributed by atoms with E-state index in [1.165, 1.54) is 12.1 Å². The predicted molar refractivity (Wildman–Crippen MR) is 72.1 cm³/mol. The number of hydrogen-bond acceptors (Lipinski definition) is 3. The van der Waals surface area contributed by atoms with Crippen LogP contribution in [-0.4, -0.2) is 18.0 Å². The predicted octanol–water partition coefficient (Wildman–Crippen LogP) is 2.41. The Kier molecular flexibility index (Phi) is 5.02. The maximum Gasteiger partial charge on any atom is 0.225 e. The molecule has 0 bridgehead atoms. The molecule has 0 fully saturated rings. The average Bonchev–Trinajstić information content (AvgIpc) is 2.30. The van der Waals surface area contributed by atoms with Crippen LogP contribution in [-0.2, 0) is 4.79 Å². The van der Waals surface area contributed by atoms with Crippen LogP contribution in [0.1, 0.15) is 32.8 Å². The number of carbonyl (C=O) groups excluding carboxylic acids is 1.